The lowest BCUT2D eigenvalue weighted by molar-refractivity contribution is 0.0808. The second-order valence-electron chi connectivity index (χ2n) is 4.33. The molecule has 11 heavy (non-hydrogen) atoms. The lowest BCUT2D eigenvalue weighted by Crippen LogP contribution is -2.45. The smallest absolute Gasteiger partial charge is 0.00954 e. The van der Waals surface area contributed by atoms with Gasteiger partial charge in [-0.2, -0.15) is 0 Å². The maximum absolute atomic E-state index is 2.72. The van der Waals surface area contributed by atoms with E-state index in [1.54, 1.807) is 0 Å². The fourth-order valence-electron chi connectivity index (χ4n) is 2.60. The molecule has 0 unspecified atom stereocenters. The minimum atomic E-state index is 0.962. The van der Waals surface area contributed by atoms with Crippen LogP contribution >= 0.6 is 0 Å². The monoisotopic (exact) mass is 153 g/mol. The first-order valence-electron chi connectivity index (χ1n) is 5.10. The zero-order chi connectivity index (χ0) is 7.68. The Morgan fingerprint density at radius 3 is 2.91 bits per heavy atom. The van der Waals surface area contributed by atoms with Crippen molar-refractivity contribution in [3.8, 4) is 0 Å². The minimum Gasteiger partial charge on any atom is -0.300 e. The summed E-state index contributed by atoms with van der Waals surface area (Å²) in [6.07, 6.45) is 7.35. The van der Waals surface area contributed by atoms with Gasteiger partial charge in [-0.05, 0) is 38.1 Å². The van der Waals surface area contributed by atoms with Gasteiger partial charge in [0.2, 0.25) is 0 Å². The normalized spacial score (nSPS) is 40.1. The molecular weight excluding hydrogens is 134 g/mol. The molecular formula is C10H19N. The Bertz CT molecular complexity index is 133. The van der Waals surface area contributed by atoms with Gasteiger partial charge in [-0.3, -0.25) is 0 Å². The van der Waals surface area contributed by atoms with E-state index in [-0.39, 0.29) is 0 Å². The number of rotatable bonds is 0. The second-order valence-corrected chi connectivity index (χ2v) is 4.33. The van der Waals surface area contributed by atoms with Gasteiger partial charge in [-0.25, -0.2) is 0 Å². The van der Waals surface area contributed by atoms with Gasteiger partial charge in [-0.15, -0.1) is 0 Å². The summed E-state index contributed by atoms with van der Waals surface area (Å²) in [6, 6.07) is 0.972. The largest absolute Gasteiger partial charge is 0.300 e. The molecule has 0 aromatic carbocycles. The summed E-state index contributed by atoms with van der Waals surface area (Å²) in [6.45, 7) is 5.16. The highest BCUT2D eigenvalue weighted by molar-refractivity contribution is 4.82. The third-order valence-electron chi connectivity index (χ3n) is 3.29. The quantitative estimate of drug-likeness (QED) is 0.516. The summed E-state index contributed by atoms with van der Waals surface area (Å²) >= 11 is 0. The third kappa shape index (κ3) is 1.58. The van der Waals surface area contributed by atoms with Gasteiger partial charge in [0.1, 0.15) is 0 Å². The third-order valence-corrected chi connectivity index (χ3v) is 3.29. The Labute approximate surface area is 69.8 Å². The first kappa shape index (κ1) is 7.60. The van der Waals surface area contributed by atoms with Crippen molar-refractivity contribution >= 4 is 0 Å². The Balaban J connectivity index is 1.93. The minimum absolute atomic E-state index is 0.962. The van der Waals surface area contributed by atoms with E-state index in [9.17, 15) is 0 Å². The van der Waals surface area contributed by atoms with Crippen LogP contribution in [0, 0.1) is 5.92 Å². The molecule has 0 aliphatic carbocycles. The number of fused-ring (bicyclic) bond motifs is 1. The van der Waals surface area contributed by atoms with Crippen molar-refractivity contribution in [2.45, 2.75) is 45.1 Å². The van der Waals surface area contributed by atoms with Crippen LogP contribution < -0.4 is 0 Å². The summed E-state index contributed by atoms with van der Waals surface area (Å²) in [4.78, 5) is 2.72. The molecule has 2 saturated heterocycles. The van der Waals surface area contributed by atoms with Crippen molar-refractivity contribution < 1.29 is 0 Å². The Kier molecular flexibility index (Phi) is 2.17. The number of hydrogen-bond acceptors (Lipinski definition) is 1. The summed E-state index contributed by atoms with van der Waals surface area (Å²) in [5.74, 6) is 0.962. The van der Waals surface area contributed by atoms with E-state index in [1.165, 1.54) is 45.2 Å². The lowest BCUT2D eigenvalue weighted by Gasteiger charge is -2.41. The van der Waals surface area contributed by atoms with Crippen LogP contribution in [0.15, 0.2) is 0 Å². The molecule has 0 N–H and O–H groups in total. The van der Waals surface area contributed by atoms with Gasteiger partial charge in [0.05, 0.1) is 0 Å². The maximum Gasteiger partial charge on any atom is 0.00954 e. The molecule has 2 heterocycles. The average molecular weight is 153 g/mol. The fourth-order valence-corrected chi connectivity index (χ4v) is 2.60. The molecule has 2 aliphatic rings. The Morgan fingerprint density at radius 2 is 2.00 bits per heavy atom. The van der Waals surface area contributed by atoms with Crippen LogP contribution in [0.3, 0.4) is 0 Å². The Hall–Kier alpha value is -0.0400. The summed E-state index contributed by atoms with van der Waals surface area (Å²) in [5.41, 5.74) is 0. The van der Waals surface area contributed by atoms with Crippen LogP contribution in [0.5, 0.6) is 0 Å². The van der Waals surface area contributed by atoms with Crippen LogP contribution in [0.2, 0.25) is 0 Å². The second kappa shape index (κ2) is 3.14. The Morgan fingerprint density at radius 1 is 1.09 bits per heavy atom. The van der Waals surface area contributed by atoms with E-state index in [0.717, 1.165) is 12.0 Å². The summed E-state index contributed by atoms with van der Waals surface area (Å²) in [5, 5.41) is 0. The molecule has 2 aliphatic heterocycles. The molecule has 1 nitrogen and oxygen atoms in total. The number of piperidine rings is 2. The highest BCUT2D eigenvalue weighted by Gasteiger charge is 2.27. The zero-order valence-corrected chi connectivity index (χ0v) is 7.55. The average Bonchev–Trinajstić information content (AvgIpc) is 2.04. The maximum atomic E-state index is 2.72. The van der Waals surface area contributed by atoms with Crippen molar-refractivity contribution in [3.05, 3.63) is 0 Å². The number of hydrogen-bond donors (Lipinski definition) is 0. The van der Waals surface area contributed by atoms with Gasteiger partial charge in [0.25, 0.3) is 0 Å². The molecule has 2 rings (SSSR count). The molecule has 1 heteroatoms. The molecule has 0 aromatic heterocycles. The molecule has 0 spiro atoms. The highest BCUT2D eigenvalue weighted by Crippen LogP contribution is 2.28. The standard InChI is InChI=1S/C10H19N/c1-9-5-6-10-4-2-3-7-11(10)8-9/h9-10H,2-8H2,1H3/t9-,10+/m0/s1. The van der Waals surface area contributed by atoms with E-state index < -0.39 is 0 Å². The van der Waals surface area contributed by atoms with Gasteiger partial charge < -0.3 is 4.90 Å². The molecule has 0 bridgehead atoms. The highest BCUT2D eigenvalue weighted by atomic mass is 15.2. The van der Waals surface area contributed by atoms with Crippen LogP contribution in [-0.4, -0.2) is 24.0 Å². The van der Waals surface area contributed by atoms with Crippen LogP contribution in [-0.2, 0) is 0 Å². The molecule has 0 saturated carbocycles. The molecule has 0 amide bonds. The van der Waals surface area contributed by atoms with E-state index in [4.69, 9.17) is 0 Å². The van der Waals surface area contributed by atoms with Crippen molar-refractivity contribution in [3.63, 3.8) is 0 Å². The zero-order valence-electron chi connectivity index (χ0n) is 7.55. The van der Waals surface area contributed by atoms with E-state index in [2.05, 4.69) is 11.8 Å². The van der Waals surface area contributed by atoms with Gasteiger partial charge in [-0.1, -0.05) is 13.3 Å². The number of nitrogens with zero attached hydrogens (tertiary/aromatic N) is 1. The van der Waals surface area contributed by atoms with Crippen LogP contribution in [0.1, 0.15) is 39.0 Å². The SMILES string of the molecule is C[C@H]1CC[C@H]2CCCCN2C1. The van der Waals surface area contributed by atoms with Crippen molar-refractivity contribution in [2.24, 2.45) is 5.92 Å². The van der Waals surface area contributed by atoms with E-state index in [0.29, 0.717) is 0 Å². The first-order chi connectivity index (χ1) is 5.36. The molecule has 2 atom stereocenters. The summed E-state index contributed by atoms with van der Waals surface area (Å²) < 4.78 is 0. The van der Waals surface area contributed by atoms with E-state index >= 15 is 0 Å². The molecule has 64 valence electrons. The van der Waals surface area contributed by atoms with Crippen molar-refractivity contribution in [1.29, 1.82) is 0 Å². The van der Waals surface area contributed by atoms with Gasteiger partial charge in [0.15, 0.2) is 0 Å². The lowest BCUT2D eigenvalue weighted by atomic mass is 9.88. The molecule has 0 radical (unpaired) electrons. The topological polar surface area (TPSA) is 3.24 Å². The molecule has 0 aromatic rings. The summed E-state index contributed by atoms with van der Waals surface area (Å²) in [7, 11) is 0. The first-order valence-corrected chi connectivity index (χ1v) is 5.10. The predicted molar refractivity (Wildman–Crippen MR) is 47.6 cm³/mol. The van der Waals surface area contributed by atoms with Crippen LogP contribution in [0.25, 0.3) is 0 Å². The van der Waals surface area contributed by atoms with Crippen LogP contribution in [0.4, 0.5) is 0 Å². The van der Waals surface area contributed by atoms with E-state index in [1.807, 2.05) is 0 Å². The van der Waals surface area contributed by atoms with Gasteiger partial charge >= 0.3 is 0 Å². The molecule has 2 fully saturated rings. The predicted octanol–water partition coefficient (Wildman–Crippen LogP) is 2.27. The van der Waals surface area contributed by atoms with Gasteiger partial charge in [0, 0.05) is 12.6 Å². The fraction of sp³-hybridized carbons (Fsp3) is 1.00. The van der Waals surface area contributed by atoms with Crippen molar-refractivity contribution in [1.82, 2.24) is 4.90 Å². The van der Waals surface area contributed by atoms with Crippen molar-refractivity contribution in [2.75, 3.05) is 13.1 Å².